The Kier molecular flexibility index (Phi) is 4.62. The Hall–Kier alpha value is -0.970. The summed E-state index contributed by atoms with van der Waals surface area (Å²) in [5.74, 6) is 1.82. The summed E-state index contributed by atoms with van der Waals surface area (Å²) in [6.45, 7) is 6.62. The zero-order valence-electron chi connectivity index (χ0n) is 11.5. The third-order valence-electron chi connectivity index (χ3n) is 3.25. The minimum Gasteiger partial charge on any atom is -0.373 e. The van der Waals surface area contributed by atoms with Crippen LogP contribution in [0.15, 0.2) is 11.2 Å². The molecule has 5 heteroatoms. The fourth-order valence-corrected chi connectivity index (χ4v) is 1.73. The van der Waals surface area contributed by atoms with Crippen LogP contribution in [0.4, 0.5) is 11.6 Å². The van der Waals surface area contributed by atoms with Gasteiger partial charge in [-0.15, -0.1) is 0 Å². The molecule has 0 aliphatic carbocycles. The lowest BCUT2D eigenvalue weighted by Gasteiger charge is -2.36. The summed E-state index contributed by atoms with van der Waals surface area (Å²) < 4.78 is 0. The van der Waals surface area contributed by atoms with Crippen molar-refractivity contribution in [2.24, 2.45) is 0 Å². The molecule has 0 atom stereocenters. The zero-order chi connectivity index (χ0) is 13.1. The van der Waals surface area contributed by atoms with Gasteiger partial charge >= 0.3 is 0 Å². The van der Waals surface area contributed by atoms with E-state index in [1.807, 2.05) is 19.4 Å². The summed E-state index contributed by atoms with van der Waals surface area (Å²) in [7, 11) is 3.95. The molecular formula is C12H22N4S. The minimum atomic E-state index is 0.0923. The van der Waals surface area contributed by atoms with Gasteiger partial charge in [0.1, 0.15) is 11.6 Å². The molecular weight excluding hydrogens is 232 g/mol. The van der Waals surface area contributed by atoms with Gasteiger partial charge in [0.25, 0.3) is 0 Å². The van der Waals surface area contributed by atoms with Crippen LogP contribution >= 0.6 is 11.8 Å². The molecule has 0 saturated carbocycles. The lowest BCUT2D eigenvalue weighted by atomic mass is 10.0. The fourth-order valence-electron chi connectivity index (χ4n) is 1.35. The van der Waals surface area contributed by atoms with E-state index in [-0.39, 0.29) is 5.54 Å². The third kappa shape index (κ3) is 3.25. The molecule has 96 valence electrons. The first-order valence-corrected chi connectivity index (χ1v) is 7.01. The normalized spacial score (nSPS) is 11.4. The van der Waals surface area contributed by atoms with Crippen LogP contribution in [0.25, 0.3) is 0 Å². The Labute approximate surface area is 108 Å². The van der Waals surface area contributed by atoms with Crippen molar-refractivity contribution >= 4 is 23.4 Å². The average Bonchev–Trinajstić information content (AvgIpc) is 2.36. The van der Waals surface area contributed by atoms with Crippen LogP contribution in [0.2, 0.25) is 0 Å². The van der Waals surface area contributed by atoms with E-state index in [9.17, 15) is 0 Å². The second-order valence-electron chi connectivity index (χ2n) is 4.57. The van der Waals surface area contributed by atoms with Crippen LogP contribution in [0, 0.1) is 0 Å². The third-order valence-corrected chi connectivity index (χ3v) is 3.80. The maximum atomic E-state index is 4.55. The van der Waals surface area contributed by atoms with Crippen LogP contribution in [-0.4, -0.2) is 35.9 Å². The monoisotopic (exact) mass is 254 g/mol. The molecule has 0 radical (unpaired) electrons. The highest BCUT2D eigenvalue weighted by Gasteiger charge is 2.23. The van der Waals surface area contributed by atoms with Gasteiger partial charge in [-0.05, 0) is 26.5 Å². The average molecular weight is 254 g/mol. The molecule has 0 fully saturated rings. The van der Waals surface area contributed by atoms with Crippen LogP contribution in [0.5, 0.6) is 0 Å². The number of nitrogens with zero attached hydrogens (tertiary/aromatic N) is 3. The van der Waals surface area contributed by atoms with Gasteiger partial charge in [0.2, 0.25) is 0 Å². The van der Waals surface area contributed by atoms with Crippen molar-refractivity contribution in [3.05, 3.63) is 6.07 Å². The first kappa shape index (κ1) is 14.1. The van der Waals surface area contributed by atoms with Gasteiger partial charge in [-0.2, -0.15) is 0 Å². The molecule has 0 saturated heterocycles. The van der Waals surface area contributed by atoms with E-state index in [0.717, 1.165) is 23.2 Å². The number of rotatable bonds is 5. The predicted octanol–water partition coefficient (Wildman–Crippen LogP) is 2.87. The molecule has 0 spiro atoms. The van der Waals surface area contributed by atoms with Crippen molar-refractivity contribution in [1.29, 1.82) is 0 Å². The van der Waals surface area contributed by atoms with Crippen LogP contribution in [0.3, 0.4) is 0 Å². The smallest absolute Gasteiger partial charge is 0.191 e. The number of anilines is 2. The Morgan fingerprint density at radius 3 is 2.53 bits per heavy atom. The Balaban J connectivity index is 3.12. The SMILES string of the molecule is CCC(C)(C)N(C)c1cc(NC)nc(SC)n1. The first-order chi connectivity index (χ1) is 7.94. The number of nitrogens with one attached hydrogen (secondary N) is 1. The Morgan fingerprint density at radius 1 is 1.41 bits per heavy atom. The molecule has 0 aromatic carbocycles. The maximum Gasteiger partial charge on any atom is 0.191 e. The lowest BCUT2D eigenvalue weighted by Crippen LogP contribution is -2.41. The summed E-state index contributed by atoms with van der Waals surface area (Å²) in [6.07, 6.45) is 3.06. The molecule has 17 heavy (non-hydrogen) atoms. The number of aromatic nitrogens is 2. The summed E-state index contributed by atoms with van der Waals surface area (Å²) in [4.78, 5) is 11.1. The standard InChI is InChI=1S/C12H22N4S/c1-7-12(2,3)16(5)10-8-9(13-4)14-11(15-10)17-6/h8H,7H2,1-6H3,(H,13,14,15). The van der Waals surface area contributed by atoms with Crippen molar-refractivity contribution in [3.63, 3.8) is 0 Å². The molecule has 1 heterocycles. The molecule has 1 aromatic heterocycles. The topological polar surface area (TPSA) is 41.0 Å². The predicted molar refractivity (Wildman–Crippen MR) is 76.1 cm³/mol. The van der Waals surface area contributed by atoms with E-state index in [0.29, 0.717) is 0 Å². The van der Waals surface area contributed by atoms with Gasteiger partial charge < -0.3 is 10.2 Å². The highest BCUT2D eigenvalue weighted by molar-refractivity contribution is 7.98. The second-order valence-corrected chi connectivity index (χ2v) is 5.35. The van der Waals surface area contributed by atoms with Crippen LogP contribution in [0.1, 0.15) is 27.2 Å². The Bertz CT molecular complexity index is 357. The van der Waals surface area contributed by atoms with Crippen molar-refractivity contribution in [1.82, 2.24) is 9.97 Å². The first-order valence-electron chi connectivity index (χ1n) is 5.79. The molecule has 0 bridgehead atoms. The van der Waals surface area contributed by atoms with Crippen LogP contribution < -0.4 is 10.2 Å². The lowest BCUT2D eigenvalue weighted by molar-refractivity contribution is 0.466. The molecule has 1 aromatic rings. The van der Waals surface area contributed by atoms with Gasteiger partial charge in [-0.3, -0.25) is 0 Å². The largest absolute Gasteiger partial charge is 0.373 e. The molecule has 1 N–H and O–H groups in total. The molecule has 1 rings (SSSR count). The highest BCUT2D eigenvalue weighted by atomic mass is 32.2. The number of thioether (sulfide) groups is 1. The van der Waals surface area contributed by atoms with E-state index in [4.69, 9.17) is 0 Å². The van der Waals surface area contributed by atoms with Crippen molar-refractivity contribution in [3.8, 4) is 0 Å². The molecule has 0 aliphatic rings. The minimum absolute atomic E-state index is 0.0923. The fraction of sp³-hybridized carbons (Fsp3) is 0.667. The van der Waals surface area contributed by atoms with Gasteiger partial charge in [0.15, 0.2) is 5.16 Å². The van der Waals surface area contributed by atoms with Gasteiger partial charge in [0.05, 0.1) is 0 Å². The van der Waals surface area contributed by atoms with Crippen molar-refractivity contribution in [2.45, 2.75) is 37.9 Å². The molecule has 0 amide bonds. The van der Waals surface area contributed by atoms with Gasteiger partial charge in [-0.1, -0.05) is 18.7 Å². The van der Waals surface area contributed by atoms with E-state index < -0.39 is 0 Å². The summed E-state index contributed by atoms with van der Waals surface area (Å²) in [6, 6.07) is 1.98. The van der Waals surface area contributed by atoms with E-state index in [1.54, 1.807) is 11.8 Å². The second kappa shape index (κ2) is 5.58. The summed E-state index contributed by atoms with van der Waals surface area (Å²) in [5.41, 5.74) is 0.0923. The molecule has 0 aliphatic heterocycles. The van der Waals surface area contributed by atoms with E-state index >= 15 is 0 Å². The molecule has 4 nitrogen and oxygen atoms in total. The highest BCUT2D eigenvalue weighted by Crippen LogP contribution is 2.26. The van der Waals surface area contributed by atoms with Crippen molar-refractivity contribution in [2.75, 3.05) is 30.6 Å². The maximum absolute atomic E-state index is 4.55. The molecule has 0 unspecified atom stereocenters. The van der Waals surface area contributed by atoms with Crippen molar-refractivity contribution < 1.29 is 0 Å². The quantitative estimate of drug-likeness (QED) is 0.646. The number of hydrogen-bond donors (Lipinski definition) is 1. The van der Waals surface area contributed by atoms with Gasteiger partial charge in [0, 0.05) is 25.7 Å². The van der Waals surface area contributed by atoms with E-state index in [1.165, 1.54) is 0 Å². The Morgan fingerprint density at radius 2 is 2.06 bits per heavy atom. The number of hydrogen-bond acceptors (Lipinski definition) is 5. The summed E-state index contributed by atoms with van der Waals surface area (Å²) in [5, 5.41) is 3.87. The van der Waals surface area contributed by atoms with Crippen LogP contribution in [-0.2, 0) is 0 Å². The zero-order valence-corrected chi connectivity index (χ0v) is 12.4. The van der Waals surface area contributed by atoms with E-state index in [2.05, 4.69) is 48.0 Å². The summed E-state index contributed by atoms with van der Waals surface area (Å²) >= 11 is 1.56. The van der Waals surface area contributed by atoms with Gasteiger partial charge in [-0.25, -0.2) is 9.97 Å².